The van der Waals surface area contributed by atoms with Gasteiger partial charge < -0.3 is 15.4 Å². The average Bonchev–Trinajstić information content (AvgIpc) is 2.43. The monoisotopic (exact) mass is 261 g/mol. The van der Waals surface area contributed by atoms with Gasteiger partial charge in [0.05, 0.1) is 19.1 Å². The summed E-state index contributed by atoms with van der Waals surface area (Å²) in [5.41, 5.74) is 8.13. The van der Waals surface area contributed by atoms with Crippen molar-refractivity contribution in [2.24, 2.45) is 11.7 Å². The zero-order valence-electron chi connectivity index (χ0n) is 12.2. The van der Waals surface area contributed by atoms with Crippen LogP contribution in [0.25, 0.3) is 0 Å². The third-order valence-corrected chi connectivity index (χ3v) is 3.16. The number of hydrogen-bond acceptors (Lipinski definition) is 4. The summed E-state index contributed by atoms with van der Waals surface area (Å²) in [5.74, 6) is 0.780. The molecule has 1 unspecified atom stereocenters. The molecule has 0 bridgehead atoms. The molecule has 1 aromatic rings. The van der Waals surface area contributed by atoms with Gasteiger partial charge in [-0.3, -0.25) is 0 Å². The molecule has 0 saturated carbocycles. The lowest BCUT2D eigenvalue weighted by atomic mass is 10.0. The Morgan fingerprint density at radius 3 is 2.58 bits per heavy atom. The van der Waals surface area contributed by atoms with E-state index in [1.807, 2.05) is 32.0 Å². The van der Waals surface area contributed by atoms with Gasteiger partial charge in [-0.25, -0.2) is 0 Å². The SMILES string of the molecule is CCN(CC(C)C#N)c1cccc(OC)c1[C@@H](C)N. The quantitative estimate of drug-likeness (QED) is 0.855. The van der Waals surface area contributed by atoms with E-state index in [9.17, 15) is 0 Å². The first-order valence-corrected chi connectivity index (χ1v) is 6.62. The summed E-state index contributed by atoms with van der Waals surface area (Å²) in [6.07, 6.45) is 0. The van der Waals surface area contributed by atoms with Gasteiger partial charge in [-0.15, -0.1) is 0 Å². The van der Waals surface area contributed by atoms with E-state index in [1.165, 1.54) is 0 Å². The van der Waals surface area contributed by atoms with Gasteiger partial charge in [0, 0.05) is 30.4 Å². The molecule has 0 spiro atoms. The zero-order chi connectivity index (χ0) is 14.4. The van der Waals surface area contributed by atoms with Crippen LogP contribution in [-0.4, -0.2) is 20.2 Å². The van der Waals surface area contributed by atoms with Crippen molar-refractivity contribution in [2.75, 3.05) is 25.1 Å². The van der Waals surface area contributed by atoms with Gasteiger partial charge >= 0.3 is 0 Å². The van der Waals surface area contributed by atoms with Crippen molar-refractivity contribution in [1.29, 1.82) is 5.26 Å². The van der Waals surface area contributed by atoms with Crippen LogP contribution in [0.1, 0.15) is 32.4 Å². The lowest BCUT2D eigenvalue weighted by molar-refractivity contribution is 0.407. The van der Waals surface area contributed by atoms with E-state index in [-0.39, 0.29) is 12.0 Å². The smallest absolute Gasteiger partial charge is 0.125 e. The molecule has 19 heavy (non-hydrogen) atoms. The molecule has 0 aliphatic rings. The van der Waals surface area contributed by atoms with Gasteiger partial charge in [0.25, 0.3) is 0 Å². The maximum absolute atomic E-state index is 8.98. The van der Waals surface area contributed by atoms with Crippen LogP contribution in [-0.2, 0) is 0 Å². The Bertz CT molecular complexity index is 451. The number of nitriles is 1. The second-order valence-electron chi connectivity index (χ2n) is 4.75. The van der Waals surface area contributed by atoms with Crippen molar-refractivity contribution < 1.29 is 4.74 Å². The molecule has 1 rings (SSSR count). The lowest BCUT2D eigenvalue weighted by Crippen LogP contribution is -2.29. The van der Waals surface area contributed by atoms with Crippen molar-refractivity contribution in [3.63, 3.8) is 0 Å². The van der Waals surface area contributed by atoms with Crippen molar-refractivity contribution in [2.45, 2.75) is 26.8 Å². The van der Waals surface area contributed by atoms with Crippen LogP contribution in [0.15, 0.2) is 18.2 Å². The fourth-order valence-corrected chi connectivity index (χ4v) is 2.21. The van der Waals surface area contributed by atoms with E-state index in [1.54, 1.807) is 7.11 Å². The first kappa shape index (κ1) is 15.3. The van der Waals surface area contributed by atoms with Gasteiger partial charge in [0.2, 0.25) is 0 Å². The van der Waals surface area contributed by atoms with Gasteiger partial charge in [-0.2, -0.15) is 5.26 Å². The molecular formula is C15H23N3O. The highest BCUT2D eigenvalue weighted by molar-refractivity contribution is 5.60. The van der Waals surface area contributed by atoms with Crippen LogP contribution in [0.2, 0.25) is 0 Å². The van der Waals surface area contributed by atoms with Crippen LogP contribution in [0.3, 0.4) is 0 Å². The number of methoxy groups -OCH3 is 1. The number of hydrogen-bond donors (Lipinski definition) is 1. The largest absolute Gasteiger partial charge is 0.496 e. The molecular weight excluding hydrogens is 238 g/mol. The first-order valence-electron chi connectivity index (χ1n) is 6.62. The highest BCUT2D eigenvalue weighted by Gasteiger charge is 2.18. The van der Waals surface area contributed by atoms with Gasteiger partial charge in [-0.1, -0.05) is 6.07 Å². The summed E-state index contributed by atoms with van der Waals surface area (Å²) in [5, 5.41) is 8.98. The Hall–Kier alpha value is -1.73. The maximum Gasteiger partial charge on any atom is 0.125 e. The number of ether oxygens (including phenoxy) is 1. The normalized spacial score (nSPS) is 13.5. The molecule has 2 atom stereocenters. The molecule has 4 nitrogen and oxygen atoms in total. The van der Waals surface area contributed by atoms with Crippen LogP contribution < -0.4 is 15.4 Å². The molecule has 0 saturated heterocycles. The number of benzene rings is 1. The Morgan fingerprint density at radius 1 is 1.42 bits per heavy atom. The summed E-state index contributed by atoms with van der Waals surface area (Å²) >= 11 is 0. The zero-order valence-corrected chi connectivity index (χ0v) is 12.2. The Morgan fingerprint density at radius 2 is 2.11 bits per heavy atom. The molecule has 1 aromatic carbocycles. The third-order valence-electron chi connectivity index (χ3n) is 3.16. The second-order valence-corrected chi connectivity index (χ2v) is 4.75. The first-order chi connectivity index (χ1) is 9.04. The summed E-state index contributed by atoms with van der Waals surface area (Å²) in [7, 11) is 1.65. The number of nitrogens with two attached hydrogens (primary N) is 1. The number of anilines is 1. The van der Waals surface area contributed by atoms with E-state index in [2.05, 4.69) is 17.9 Å². The van der Waals surface area contributed by atoms with Crippen LogP contribution in [0.4, 0.5) is 5.69 Å². The van der Waals surface area contributed by atoms with Crippen LogP contribution >= 0.6 is 0 Å². The molecule has 2 N–H and O–H groups in total. The number of nitrogens with zero attached hydrogens (tertiary/aromatic N) is 2. The number of rotatable bonds is 6. The Kier molecular flexibility index (Phi) is 5.65. The average molecular weight is 261 g/mol. The van der Waals surface area contributed by atoms with Gasteiger partial charge in [0.15, 0.2) is 0 Å². The molecule has 4 heteroatoms. The molecule has 0 amide bonds. The standard InChI is InChI=1S/C15H23N3O/c1-5-18(10-11(2)9-16)13-7-6-8-14(19-4)15(13)12(3)17/h6-8,11-12H,5,10,17H2,1-4H3/t11?,12-/m1/s1. The Balaban J connectivity index is 3.20. The van der Waals surface area contributed by atoms with E-state index in [0.717, 1.165) is 23.5 Å². The molecule has 0 aliphatic heterocycles. The van der Waals surface area contributed by atoms with Crippen LogP contribution in [0, 0.1) is 17.2 Å². The van der Waals surface area contributed by atoms with E-state index in [0.29, 0.717) is 6.54 Å². The summed E-state index contributed by atoms with van der Waals surface area (Å²) in [4.78, 5) is 2.18. The highest BCUT2D eigenvalue weighted by Crippen LogP contribution is 2.33. The van der Waals surface area contributed by atoms with Crippen LogP contribution in [0.5, 0.6) is 5.75 Å². The van der Waals surface area contributed by atoms with E-state index in [4.69, 9.17) is 15.7 Å². The van der Waals surface area contributed by atoms with Gasteiger partial charge in [-0.05, 0) is 32.9 Å². The van der Waals surface area contributed by atoms with Crippen molar-refractivity contribution in [3.8, 4) is 11.8 Å². The molecule has 0 heterocycles. The highest BCUT2D eigenvalue weighted by atomic mass is 16.5. The second kappa shape index (κ2) is 7.01. The molecule has 104 valence electrons. The minimum absolute atomic E-state index is 0.0212. The third kappa shape index (κ3) is 3.62. The molecule has 0 aliphatic carbocycles. The minimum atomic E-state index is -0.113. The minimum Gasteiger partial charge on any atom is -0.496 e. The summed E-state index contributed by atoms with van der Waals surface area (Å²) in [6.45, 7) is 7.48. The summed E-state index contributed by atoms with van der Waals surface area (Å²) in [6, 6.07) is 8.07. The topological polar surface area (TPSA) is 62.3 Å². The fraction of sp³-hybridized carbons (Fsp3) is 0.533. The summed E-state index contributed by atoms with van der Waals surface area (Å²) < 4.78 is 5.40. The molecule has 0 radical (unpaired) electrons. The van der Waals surface area contributed by atoms with Crippen molar-refractivity contribution in [1.82, 2.24) is 0 Å². The van der Waals surface area contributed by atoms with E-state index < -0.39 is 0 Å². The maximum atomic E-state index is 8.98. The fourth-order valence-electron chi connectivity index (χ4n) is 2.21. The predicted octanol–water partition coefficient (Wildman–Crippen LogP) is 2.70. The lowest BCUT2D eigenvalue weighted by Gasteiger charge is -2.28. The van der Waals surface area contributed by atoms with E-state index >= 15 is 0 Å². The molecule has 0 aromatic heterocycles. The van der Waals surface area contributed by atoms with Crippen molar-refractivity contribution in [3.05, 3.63) is 23.8 Å². The van der Waals surface area contributed by atoms with Crippen molar-refractivity contribution >= 4 is 5.69 Å². The Labute approximate surface area is 115 Å². The molecule has 0 fully saturated rings. The van der Waals surface area contributed by atoms with Gasteiger partial charge in [0.1, 0.15) is 5.75 Å². The predicted molar refractivity (Wildman–Crippen MR) is 78.3 cm³/mol.